The van der Waals surface area contributed by atoms with Crippen LogP contribution in [0.15, 0.2) is 65.4 Å². The second-order valence-electron chi connectivity index (χ2n) is 6.96. The summed E-state index contributed by atoms with van der Waals surface area (Å²) in [6, 6.07) is 15.2. The number of nitrogens with zero attached hydrogens (tertiary/aromatic N) is 3. The molecule has 33 heavy (non-hydrogen) atoms. The molecule has 0 atom stereocenters. The first-order valence-electron chi connectivity index (χ1n) is 10.2. The van der Waals surface area contributed by atoms with E-state index in [1.807, 2.05) is 55.5 Å². The summed E-state index contributed by atoms with van der Waals surface area (Å²) in [4.78, 5) is 4.05. The molecule has 0 aliphatic carbocycles. The van der Waals surface area contributed by atoms with Crippen molar-refractivity contribution in [2.45, 2.75) is 20.1 Å². The van der Waals surface area contributed by atoms with Crippen LogP contribution in [0.1, 0.15) is 18.1 Å². The first-order chi connectivity index (χ1) is 16.1. The zero-order valence-corrected chi connectivity index (χ0v) is 20.9. The number of halogens is 2. The van der Waals surface area contributed by atoms with Crippen molar-refractivity contribution in [2.24, 2.45) is 0 Å². The van der Waals surface area contributed by atoms with E-state index in [4.69, 9.17) is 33.3 Å². The Morgan fingerprint density at radius 3 is 2.61 bits per heavy atom. The molecule has 10 heteroatoms. The van der Waals surface area contributed by atoms with Crippen LogP contribution in [0.5, 0.6) is 11.5 Å². The summed E-state index contributed by atoms with van der Waals surface area (Å²) in [5, 5.41) is 7.82. The lowest BCUT2D eigenvalue weighted by molar-refractivity contribution is 0.269. The van der Waals surface area contributed by atoms with Gasteiger partial charge in [-0.05, 0) is 55.0 Å². The maximum absolute atomic E-state index is 6.26. The van der Waals surface area contributed by atoms with Crippen molar-refractivity contribution in [3.05, 3.63) is 86.3 Å². The van der Waals surface area contributed by atoms with Gasteiger partial charge in [-0.2, -0.15) is 5.10 Å². The van der Waals surface area contributed by atoms with Crippen LogP contribution in [0.3, 0.4) is 0 Å². The van der Waals surface area contributed by atoms with Gasteiger partial charge >= 0.3 is 0 Å². The van der Waals surface area contributed by atoms with Crippen LogP contribution in [0.25, 0.3) is 11.4 Å². The number of benzene rings is 2. The van der Waals surface area contributed by atoms with E-state index in [0.29, 0.717) is 46.9 Å². The summed E-state index contributed by atoms with van der Waals surface area (Å²) in [5.74, 6) is 1.95. The number of aromatic nitrogens is 4. The van der Waals surface area contributed by atoms with E-state index in [1.54, 1.807) is 17.1 Å². The van der Waals surface area contributed by atoms with Crippen molar-refractivity contribution >= 4 is 39.7 Å². The van der Waals surface area contributed by atoms with Gasteiger partial charge in [0.2, 0.25) is 4.77 Å². The van der Waals surface area contributed by atoms with E-state index in [2.05, 4.69) is 36.5 Å². The fourth-order valence-corrected chi connectivity index (χ4v) is 4.02. The summed E-state index contributed by atoms with van der Waals surface area (Å²) in [7, 11) is 0. The molecule has 0 saturated heterocycles. The van der Waals surface area contributed by atoms with Crippen molar-refractivity contribution < 1.29 is 9.47 Å². The van der Waals surface area contributed by atoms with Crippen LogP contribution < -0.4 is 14.9 Å². The molecule has 0 saturated carbocycles. The summed E-state index contributed by atoms with van der Waals surface area (Å²) in [5.41, 5.74) is 6.09. The monoisotopic (exact) mass is 545 g/mol. The van der Waals surface area contributed by atoms with Gasteiger partial charge < -0.3 is 14.9 Å². The Bertz CT molecular complexity index is 1300. The fraction of sp³-hybridized carbons (Fsp3) is 0.174. The van der Waals surface area contributed by atoms with Gasteiger partial charge in [-0.15, -0.1) is 0 Å². The highest BCUT2D eigenvalue weighted by atomic mass is 79.9. The Morgan fingerprint density at radius 2 is 1.85 bits per heavy atom. The van der Waals surface area contributed by atoms with Crippen LogP contribution in [0.4, 0.5) is 0 Å². The third-order valence-electron chi connectivity index (χ3n) is 4.79. The smallest absolute Gasteiger partial charge is 0.214 e. The molecule has 0 aliphatic rings. The van der Waals surface area contributed by atoms with E-state index in [9.17, 15) is 0 Å². The molecule has 170 valence electrons. The highest BCUT2D eigenvalue weighted by molar-refractivity contribution is 9.10. The molecule has 0 fully saturated rings. The summed E-state index contributed by atoms with van der Waals surface area (Å²) in [6.07, 6.45) is 3.42. The lowest BCUT2D eigenvalue weighted by Gasteiger charge is -2.16. The topological polar surface area (TPSA) is 77.0 Å². The number of rotatable bonds is 9. The number of hydrogen-bond acceptors (Lipinski definition) is 6. The maximum Gasteiger partial charge on any atom is 0.214 e. The van der Waals surface area contributed by atoms with Gasteiger partial charge in [-0.3, -0.25) is 4.98 Å². The lowest BCUT2D eigenvalue weighted by Crippen LogP contribution is -2.16. The van der Waals surface area contributed by atoms with Crippen LogP contribution in [-0.4, -0.2) is 26.5 Å². The van der Waals surface area contributed by atoms with Crippen LogP contribution in [0, 0.1) is 4.77 Å². The number of ether oxygens (including phenoxy) is 2. The molecule has 0 radical (unpaired) electrons. The largest absolute Gasteiger partial charge is 0.490 e. The third kappa shape index (κ3) is 5.55. The van der Waals surface area contributed by atoms with Crippen molar-refractivity contribution in [1.82, 2.24) is 19.9 Å². The van der Waals surface area contributed by atoms with Gasteiger partial charge in [0.05, 0.1) is 13.2 Å². The molecule has 2 aromatic carbocycles. The zero-order chi connectivity index (χ0) is 23.2. The molecule has 2 N–H and O–H groups in total. The zero-order valence-electron chi connectivity index (χ0n) is 17.7. The molecule has 0 unspecified atom stereocenters. The second kappa shape index (κ2) is 10.8. The van der Waals surface area contributed by atoms with E-state index in [1.165, 1.54) is 0 Å². The maximum atomic E-state index is 6.26. The van der Waals surface area contributed by atoms with Crippen LogP contribution >= 0.6 is 39.7 Å². The minimum absolute atomic E-state index is 0.337. The van der Waals surface area contributed by atoms with E-state index < -0.39 is 0 Å². The predicted octanol–water partition coefficient (Wildman–Crippen LogP) is 6.14. The van der Waals surface area contributed by atoms with Gasteiger partial charge in [0.25, 0.3) is 0 Å². The molecule has 0 spiro atoms. The number of aromatic amines is 1. The number of hydrogen-bond donors (Lipinski definition) is 2. The van der Waals surface area contributed by atoms with E-state index in [0.717, 1.165) is 21.2 Å². The first kappa shape index (κ1) is 23.3. The predicted molar refractivity (Wildman–Crippen MR) is 135 cm³/mol. The fourth-order valence-electron chi connectivity index (χ4n) is 3.17. The molecule has 2 aromatic heterocycles. The minimum Gasteiger partial charge on any atom is -0.490 e. The molecule has 7 nitrogen and oxygen atoms in total. The van der Waals surface area contributed by atoms with E-state index in [-0.39, 0.29) is 0 Å². The number of H-pyrrole nitrogens is 1. The number of nitrogens with one attached hydrogen (secondary N) is 2. The van der Waals surface area contributed by atoms with Gasteiger partial charge in [-0.25, -0.2) is 9.77 Å². The van der Waals surface area contributed by atoms with Crippen molar-refractivity contribution in [2.75, 3.05) is 12.0 Å². The SMILES string of the molecule is CCOc1cc(CNn2c(-c3ccncc3)n[nH]c2=S)c(Br)cc1OCc1ccccc1Cl. The van der Waals surface area contributed by atoms with Crippen molar-refractivity contribution in [3.8, 4) is 22.9 Å². The Morgan fingerprint density at radius 1 is 1.09 bits per heavy atom. The van der Waals surface area contributed by atoms with E-state index >= 15 is 0 Å². The summed E-state index contributed by atoms with van der Waals surface area (Å²) >= 11 is 15.3. The highest BCUT2D eigenvalue weighted by Gasteiger charge is 2.14. The molecular formula is C23H21BrClN5O2S. The molecule has 0 amide bonds. The Kier molecular flexibility index (Phi) is 7.64. The molecule has 2 heterocycles. The quantitative estimate of drug-likeness (QED) is 0.246. The minimum atomic E-state index is 0.337. The van der Waals surface area contributed by atoms with Gasteiger partial charge in [0.1, 0.15) is 6.61 Å². The van der Waals surface area contributed by atoms with Crippen molar-refractivity contribution in [3.63, 3.8) is 0 Å². The van der Waals surface area contributed by atoms with Gasteiger partial charge in [-0.1, -0.05) is 45.7 Å². The first-order valence-corrected chi connectivity index (χ1v) is 11.8. The average molecular weight is 547 g/mol. The lowest BCUT2D eigenvalue weighted by atomic mass is 10.2. The Hall–Kier alpha value is -2.88. The third-order valence-corrected chi connectivity index (χ3v) is 6.17. The highest BCUT2D eigenvalue weighted by Crippen LogP contribution is 2.35. The molecule has 4 rings (SSSR count). The normalized spacial score (nSPS) is 10.8. The van der Waals surface area contributed by atoms with Crippen LogP contribution in [0.2, 0.25) is 5.02 Å². The van der Waals surface area contributed by atoms with Gasteiger partial charge in [0, 0.05) is 33.0 Å². The average Bonchev–Trinajstić information content (AvgIpc) is 3.20. The summed E-state index contributed by atoms with van der Waals surface area (Å²) in [6.45, 7) is 3.25. The van der Waals surface area contributed by atoms with Crippen molar-refractivity contribution in [1.29, 1.82) is 0 Å². The standard InChI is InChI=1S/C23H21BrClN5O2S/c1-2-31-20-11-17(18(24)12-21(20)32-14-16-5-3-4-6-19(16)25)13-27-30-22(28-29-23(30)33)15-7-9-26-10-8-15/h3-12,27H,2,13-14H2,1H3,(H,29,33). The Balaban J connectivity index is 1.55. The Labute approximate surface area is 209 Å². The second-order valence-corrected chi connectivity index (χ2v) is 8.61. The molecular weight excluding hydrogens is 526 g/mol. The van der Waals surface area contributed by atoms with Crippen LogP contribution in [-0.2, 0) is 13.2 Å². The number of pyridine rings is 1. The molecule has 4 aromatic rings. The molecule has 0 bridgehead atoms. The summed E-state index contributed by atoms with van der Waals surface area (Å²) < 4.78 is 14.9. The van der Waals surface area contributed by atoms with Gasteiger partial charge in [0.15, 0.2) is 17.3 Å². The molecule has 0 aliphatic heterocycles.